The lowest BCUT2D eigenvalue weighted by atomic mass is 10.2. The van der Waals surface area contributed by atoms with Gasteiger partial charge in [-0.1, -0.05) is 12.1 Å². The molecule has 4 heterocycles. The summed E-state index contributed by atoms with van der Waals surface area (Å²) in [6, 6.07) is 7.72. The summed E-state index contributed by atoms with van der Waals surface area (Å²) < 4.78 is 0. The predicted molar refractivity (Wildman–Crippen MR) is 140 cm³/mol. The molecule has 0 bridgehead atoms. The second kappa shape index (κ2) is 8.99. The summed E-state index contributed by atoms with van der Waals surface area (Å²) in [7, 11) is 1.99. The molecule has 4 aromatic rings. The van der Waals surface area contributed by atoms with E-state index in [1.54, 1.807) is 4.90 Å². The number of thioether (sulfide) groups is 1. The zero-order valence-electron chi connectivity index (χ0n) is 19.6. The number of H-pyrrole nitrogens is 1. The molecule has 176 valence electrons. The fourth-order valence-corrected chi connectivity index (χ4v) is 6.04. The second-order valence-electron chi connectivity index (χ2n) is 8.55. The fraction of sp³-hybridized carbons (Fsp3) is 0.375. The van der Waals surface area contributed by atoms with Crippen molar-refractivity contribution < 1.29 is 4.79 Å². The van der Waals surface area contributed by atoms with Crippen molar-refractivity contribution in [2.75, 3.05) is 29.9 Å². The number of amides is 1. The molecule has 0 radical (unpaired) electrons. The smallest absolute Gasteiger partial charge is 0.259 e. The number of aryl methyl sites for hydroxylation is 2. The highest BCUT2D eigenvalue weighted by Crippen LogP contribution is 2.32. The van der Waals surface area contributed by atoms with Crippen LogP contribution in [-0.2, 0) is 10.5 Å². The number of thiophene rings is 1. The number of anilines is 2. The van der Waals surface area contributed by atoms with Crippen molar-refractivity contribution >= 4 is 61.9 Å². The number of carbonyl (C=O) groups is 1. The lowest BCUT2D eigenvalue weighted by Gasteiger charge is -2.25. The lowest BCUT2D eigenvalue weighted by molar-refractivity contribution is -0.117. The summed E-state index contributed by atoms with van der Waals surface area (Å²) in [5.41, 5.74) is 2.45. The van der Waals surface area contributed by atoms with Gasteiger partial charge in [0, 0.05) is 25.0 Å². The Hall–Kier alpha value is -2.98. The van der Waals surface area contributed by atoms with E-state index >= 15 is 0 Å². The monoisotopic (exact) mass is 494 g/mol. The van der Waals surface area contributed by atoms with E-state index in [1.165, 1.54) is 23.1 Å². The molecule has 0 aliphatic carbocycles. The van der Waals surface area contributed by atoms with Crippen LogP contribution in [0.4, 0.5) is 11.6 Å². The molecule has 5 rings (SSSR count). The van der Waals surface area contributed by atoms with Gasteiger partial charge in [-0.2, -0.15) is 0 Å². The van der Waals surface area contributed by atoms with Gasteiger partial charge in [-0.3, -0.25) is 14.5 Å². The van der Waals surface area contributed by atoms with Crippen molar-refractivity contribution in [2.45, 2.75) is 38.2 Å². The van der Waals surface area contributed by atoms with E-state index in [0.29, 0.717) is 29.3 Å². The van der Waals surface area contributed by atoms with Crippen LogP contribution in [0.3, 0.4) is 0 Å². The van der Waals surface area contributed by atoms with Crippen LogP contribution in [0.15, 0.2) is 29.1 Å². The molecule has 3 aromatic heterocycles. The normalized spacial score (nSPS) is 14.9. The van der Waals surface area contributed by atoms with Gasteiger partial charge in [0.15, 0.2) is 11.6 Å². The van der Waals surface area contributed by atoms with Gasteiger partial charge in [0.2, 0.25) is 5.91 Å². The van der Waals surface area contributed by atoms with Crippen LogP contribution in [0, 0.1) is 13.8 Å². The van der Waals surface area contributed by atoms with E-state index < -0.39 is 0 Å². The molecule has 0 spiro atoms. The minimum absolute atomic E-state index is 0.0163. The van der Waals surface area contributed by atoms with E-state index in [1.807, 2.05) is 52.1 Å². The molecule has 1 amide bonds. The third kappa shape index (κ3) is 4.05. The van der Waals surface area contributed by atoms with Gasteiger partial charge in [-0.05, 0) is 44.9 Å². The van der Waals surface area contributed by atoms with Crippen molar-refractivity contribution in [1.29, 1.82) is 0 Å². The summed E-state index contributed by atoms with van der Waals surface area (Å²) in [5, 5.41) is 0.328. The van der Waals surface area contributed by atoms with E-state index in [4.69, 9.17) is 9.97 Å². The minimum Gasteiger partial charge on any atom is -0.357 e. The average Bonchev–Trinajstić information content (AvgIpc) is 3.02. The zero-order valence-corrected chi connectivity index (χ0v) is 21.2. The molecule has 1 aliphatic rings. The van der Waals surface area contributed by atoms with E-state index in [9.17, 15) is 9.59 Å². The van der Waals surface area contributed by atoms with E-state index in [-0.39, 0.29) is 16.7 Å². The Labute approximate surface area is 205 Å². The van der Waals surface area contributed by atoms with Gasteiger partial charge in [0.1, 0.15) is 10.7 Å². The molecule has 8 nitrogen and oxygen atoms in total. The Bertz CT molecular complexity index is 1460. The first kappa shape index (κ1) is 22.8. The maximum absolute atomic E-state index is 13.5. The number of aromatic amines is 1. The van der Waals surface area contributed by atoms with Crippen molar-refractivity contribution in [2.24, 2.45) is 0 Å². The van der Waals surface area contributed by atoms with E-state index in [2.05, 4.69) is 14.9 Å². The maximum atomic E-state index is 13.5. The van der Waals surface area contributed by atoms with Gasteiger partial charge in [0.05, 0.1) is 27.4 Å². The second-order valence-corrected chi connectivity index (χ2v) is 11.1. The van der Waals surface area contributed by atoms with Crippen LogP contribution in [0.5, 0.6) is 0 Å². The first-order chi connectivity index (χ1) is 16.3. The number of benzene rings is 1. The molecular weight excluding hydrogens is 468 g/mol. The van der Waals surface area contributed by atoms with Crippen LogP contribution in [0.25, 0.3) is 21.3 Å². The molecule has 0 fully saturated rings. The first-order valence-corrected chi connectivity index (χ1v) is 13.1. The van der Waals surface area contributed by atoms with Gasteiger partial charge >= 0.3 is 0 Å². The van der Waals surface area contributed by atoms with Crippen molar-refractivity contribution in [3.63, 3.8) is 0 Å². The van der Waals surface area contributed by atoms with Gasteiger partial charge in [-0.25, -0.2) is 15.0 Å². The van der Waals surface area contributed by atoms with Crippen molar-refractivity contribution in [3.05, 3.63) is 50.9 Å². The van der Waals surface area contributed by atoms with Gasteiger partial charge in [-0.15, -0.1) is 23.1 Å². The molecule has 34 heavy (non-hydrogen) atoms. The molecule has 1 N–H and O–H groups in total. The Balaban J connectivity index is 1.39. The van der Waals surface area contributed by atoms with Crippen LogP contribution in [0.1, 0.15) is 29.6 Å². The number of aromatic nitrogens is 4. The Morgan fingerprint density at radius 2 is 1.85 bits per heavy atom. The van der Waals surface area contributed by atoms with Crippen molar-refractivity contribution in [3.8, 4) is 0 Å². The average molecular weight is 495 g/mol. The first-order valence-electron chi connectivity index (χ1n) is 11.2. The van der Waals surface area contributed by atoms with E-state index in [0.717, 1.165) is 45.1 Å². The molecule has 1 atom stereocenters. The van der Waals surface area contributed by atoms with Crippen molar-refractivity contribution in [1.82, 2.24) is 19.9 Å². The minimum atomic E-state index is -0.336. The number of carbonyl (C=O) groups excluding carboxylic acids is 1. The van der Waals surface area contributed by atoms with Crippen LogP contribution in [-0.4, -0.2) is 51.2 Å². The maximum Gasteiger partial charge on any atom is 0.259 e. The molecule has 10 heteroatoms. The SMILES string of the molecule is Cc1sc2nc(CS[C@@H](C)C(=O)N3CCCN(C)c4nc5ccccc5nc43)[nH]c(=O)c2c1C. The Morgan fingerprint density at radius 3 is 2.59 bits per heavy atom. The molecule has 0 saturated carbocycles. The highest BCUT2D eigenvalue weighted by Gasteiger charge is 2.30. The predicted octanol–water partition coefficient (Wildman–Crippen LogP) is 4.04. The Morgan fingerprint density at radius 1 is 1.15 bits per heavy atom. The number of hydrogen-bond donors (Lipinski definition) is 1. The molecular formula is C24H26N6O2S2. The quantitative estimate of drug-likeness (QED) is 0.457. The molecule has 1 aromatic carbocycles. The Kier molecular flexibility index (Phi) is 6.03. The number of hydrogen-bond acceptors (Lipinski definition) is 8. The highest BCUT2D eigenvalue weighted by molar-refractivity contribution is 7.99. The molecule has 0 unspecified atom stereocenters. The van der Waals surface area contributed by atoms with Gasteiger partial charge < -0.3 is 9.88 Å². The third-order valence-corrected chi connectivity index (χ3v) is 8.44. The highest BCUT2D eigenvalue weighted by atomic mass is 32.2. The summed E-state index contributed by atoms with van der Waals surface area (Å²) >= 11 is 3.00. The van der Waals surface area contributed by atoms with Crippen LogP contribution < -0.4 is 15.4 Å². The topological polar surface area (TPSA) is 95.1 Å². The number of nitrogens with one attached hydrogen (secondary N) is 1. The van der Waals surface area contributed by atoms with Gasteiger partial charge in [0.25, 0.3) is 5.56 Å². The molecule has 1 aliphatic heterocycles. The zero-order chi connectivity index (χ0) is 24.0. The number of fused-ring (bicyclic) bond motifs is 3. The number of para-hydroxylation sites is 2. The largest absolute Gasteiger partial charge is 0.357 e. The fourth-order valence-electron chi connectivity index (χ4n) is 4.17. The van der Waals surface area contributed by atoms with Crippen LogP contribution >= 0.6 is 23.1 Å². The summed E-state index contributed by atoms with van der Waals surface area (Å²) in [4.78, 5) is 49.0. The molecule has 0 saturated heterocycles. The third-order valence-electron chi connectivity index (χ3n) is 6.20. The lowest BCUT2D eigenvalue weighted by Crippen LogP contribution is -2.38. The number of nitrogens with zero attached hydrogens (tertiary/aromatic N) is 5. The standard InChI is InChI=1S/C24H26N6O2S2/c1-13-14(2)34-23-19(13)22(31)27-18(28-23)12-33-15(3)24(32)30-11-7-10-29(4)20-21(30)26-17-9-6-5-8-16(17)25-20/h5-6,8-9,15H,7,10-12H2,1-4H3,(H,27,28,31)/t15-/m0/s1. The van der Waals surface area contributed by atoms with Crippen LogP contribution in [0.2, 0.25) is 0 Å². The summed E-state index contributed by atoms with van der Waals surface area (Å²) in [6.07, 6.45) is 0.830. The summed E-state index contributed by atoms with van der Waals surface area (Å²) in [6.45, 7) is 7.23. The number of rotatable bonds is 4. The summed E-state index contributed by atoms with van der Waals surface area (Å²) in [5.74, 6) is 2.34.